The molecule has 1 aromatic rings. The van der Waals surface area contributed by atoms with Gasteiger partial charge in [-0.3, -0.25) is 0 Å². The SMILES string of the molecule is CC(CS(C)(=O)=O)NCc1cc(F)ccc1Cl. The molecule has 0 aliphatic heterocycles. The van der Waals surface area contributed by atoms with Crippen molar-refractivity contribution >= 4 is 21.4 Å². The number of rotatable bonds is 5. The van der Waals surface area contributed by atoms with Crippen LogP contribution in [0.15, 0.2) is 18.2 Å². The molecule has 1 N–H and O–H groups in total. The van der Waals surface area contributed by atoms with Gasteiger partial charge in [-0.2, -0.15) is 0 Å². The van der Waals surface area contributed by atoms with Gasteiger partial charge in [0.25, 0.3) is 0 Å². The van der Waals surface area contributed by atoms with Gasteiger partial charge in [0, 0.05) is 23.9 Å². The lowest BCUT2D eigenvalue weighted by atomic mass is 10.2. The highest BCUT2D eigenvalue weighted by Crippen LogP contribution is 2.16. The highest BCUT2D eigenvalue weighted by molar-refractivity contribution is 7.90. The van der Waals surface area contributed by atoms with Gasteiger partial charge >= 0.3 is 0 Å². The molecule has 1 unspecified atom stereocenters. The average molecular weight is 280 g/mol. The molecule has 3 nitrogen and oxygen atoms in total. The average Bonchev–Trinajstić information content (AvgIpc) is 2.17. The summed E-state index contributed by atoms with van der Waals surface area (Å²) in [6, 6.07) is 3.90. The number of hydrogen-bond donors (Lipinski definition) is 1. The number of sulfone groups is 1. The minimum Gasteiger partial charge on any atom is -0.309 e. The van der Waals surface area contributed by atoms with Crippen LogP contribution in [0.3, 0.4) is 0 Å². The van der Waals surface area contributed by atoms with Crippen molar-refractivity contribution < 1.29 is 12.8 Å². The Balaban J connectivity index is 2.58. The molecule has 1 rings (SSSR count). The Bertz CT molecular complexity index is 490. The first-order valence-electron chi connectivity index (χ1n) is 5.13. The largest absolute Gasteiger partial charge is 0.309 e. The van der Waals surface area contributed by atoms with E-state index in [0.29, 0.717) is 17.1 Å². The topological polar surface area (TPSA) is 46.2 Å². The van der Waals surface area contributed by atoms with Crippen LogP contribution in [0, 0.1) is 5.82 Å². The van der Waals surface area contributed by atoms with E-state index in [4.69, 9.17) is 11.6 Å². The summed E-state index contributed by atoms with van der Waals surface area (Å²) in [6.07, 6.45) is 1.18. The van der Waals surface area contributed by atoms with Crippen LogP contribution >= 0.6 is 11.6 Å². The van der Waals surface area contributed by atoms with E-state index in [1.165, 1.54) is 24.5 Å². The van der Waals surface area contributed by atoms with Gasteiger partial charge in [0.1, 0.15) is 15.7 Å². The molecule has 1 aromatic carbocycles. The van der Waals surface area contributed by atoms with Crippen molar-refractivity contribution in [3.05, 3.63) is 34.6 Å². The first kappa shape index (κ1) is 14.4. The van der Waals surface area contributed by atoms with E-state index in [9.17, 15) is 12.8 Å². The summed E-state index contributed by atoms with van der Waals surface area (Å²) in [7, 11) is -3.02. The lowest BCUT2D eigenvalue weighted by molar-refractivity contribution is 0.557. The molecule has 0 fully saturated rings. The van der Waals surface area contributed by atoms with Crippen LogP contribution < -0.4 is 5.32 Å². The molecule has 0 aliphatic rings. The van der Waals surface area contributed by atoms with Gasteiger partial charge < -0.3 is 5.32 Å². The predicted molar refractivity (Wildman–Crippen MR) is 67.4 cm³/mol. The molecule has 0 bridgehead atoms. The Morgan fingerprint density at radius 2 is 2.12 bits per heavy atom. The Hall–Kier alpha value is -0.650. The van der Waals surface area contributed by atoms with Crippen LogP contribution in [-0.4, -0.2) is 26.5 Å². The van der Waals surface area contributed by atoms with E-state index in [1.807, 2.05) is 0 Å². The molecule has 17 heavy (non-hydrogen) atoms. The fourth-order valence-corrected chi connectivity index (χ4v) is 2.69. The minimum absolute atomic E-state index is 0.0416. The Labute approximate surface area is 106 Å². The van der Waals surface area contributed by atoms with E-state index in [2.05, 4.69) is 5.32 Å². The zero-order valence-corrected chi connectivity index (χ0v) is 11.3. The second-order valence-electron chi connectivity index (χ2n) is 4.11. The monoisotopic (exact) mass is 279 g/mol. The fourth-order valence-electron chi connectivity index (χ4n) is 1.48. The quantitative estimate of drug-likeness (QED) is 0.897. The third-order valence-electron chi connectivity index (χ3n) is 2.20. The van der Waals surface area contributed by atoms with Crippen molar-refractivity contribution in [2.24, 2.45) is 0 Å². The van der Waals surface area contributed by atoms with Gasteiger partial charge in [0.15, 0.2) is 0 Å². The first-order chi connectivity index (χ1) is 7.78. The van der Waals surface area contributed by atoms with Crippen molar-refractivity contribution in [1.29, 1.82) is 0 Å². The van der Waals surface area contributed by atoms with Gasteiger partial charge in [-0.15, -0.1) is 0 Å². The van der Waals surface area contributed by atoms with Crippen LogP contribution in [0.2, 0.25) is 5.02 Å². The van der Waals surface area contributed by atoms with Crippen LogP contribution in [-0.2, 0) is 16.4 Å². The van der Waals surface area contributed by atoms with Crippen molar-refractivity contribution in [2.45, 2.75) is 19.5 Å². The molecule has 1 atom stereocenters. The molecular weight excluding hydrogens is 265 g/mol. The summed E-state index contributed by atoms with van der Waals surface area (Å²) in [5, 5.41) is 3.46. The summed E-state index contributed by atoms with van der Waals surface area (Å²) < 4.78 is 35.1. The predicted octanol–water partition coefficient (Wildman–Crippen LogP) is 2.00. The van der Waals surface area contributed by atoms with Crippen molar-refractivity contribution in [3.63, 3.8) is 0 Å². The summed E-state index contributed by atoms with van der Waals surface area (Å²) in [5.74, 6) is -0.318. The van der Waals surface area contributed by atoms with Gasteiger partial charge in [0.2, 0.25) is 0 Å². The Morgan fingerprint density at radius 3 is 2.71 bits per heavy atom. The molecular formula is C11H15ClFNO2S. The maximum absolute atomic E-state index is 13.0. The summed E-state index contributed by atoms with van der Waals surface area (Å²) in [6.45, 7) is 2.10. The zero-order chi connectivity index (χ0) is 13.1. The normalized spacial score (nSPS) is 13.6. The third kappa shape index (κ3) is 5.48. The molecule has 0 aromatic heterocycles. The first-order valence-corrected chi connectivity index (χ1v) is 7.57. The number of hydrogen-bond acceptors (Lipinski definition) is 3. The lowest BCUT2D eigenvalue weighted by Crippen LogP contribution is -2.32. The molecule has 0 saturated heterocycles. The molecule has 0 amide bonds. The van der Waals surface area contributed by atoms with Crippen LogP contribution in [0.5, 0.6) is 0 Å². The molecule has 0 heterocycles. The zero-order valence-electron chi connectivity index (χ0n) is 9.70. The third-order valence-corrected chi connectivity index (χ3v) is 3.68. The van der Waals surface area contributed by atoms with E-state index < -0.39 is 9.84 Å². The van der Waals surface area contributed by atoms with Gasteiger partial charge in [-0.1, -0.05) is 11.6 Å². The van der Waals surface area contributed by atoms with Crippen molar-refractivity contribution in [3.8, 4) is 0 Å². The molecule has 0 aliphatic carbocycles. The van der Waals surface area contributed by atoms with Gasteiger partial charge in [0.05, 0.1) is 5.75 Å². The van der Waals surface area contributed by atoms with Crippen LogP contribution in [0.4, 0.5) is 4.39 Å². The van der Waals surface area contributed by atoms with Crippen LogP contribution in [0.25, 0.3) is 0 Å². The standard InChI is InChI=1S/C11H15ClFNO2S/c1-8(7-17(2,15)16)14-6-9-5-10(13)3-4-11(9)12/h3-5,8,14H,6-7H2,1-2H3. The molecule has 96 valence electrons. The molecule has 0 saturated carbocycles. The van der Waals surface area contributed by atoms with Gasteiger partial charge in [-0.05, 0) is 30.7 Å². The second kappa shape index (κ2) is 5.80. The molecule has 0 spiro atoms. The maximum Gasteiger partial charge on any atom is 0.148 e. The maximum atomic E-state index is 13.0. The van der Waals surface area contributed by atoms with Crippen molar-refractivity contribution in [1.82, 2.24) is 5.32 Å². The minimum atomic E-state index is -3.02. The Kier molecular flexibility index (Phi) is 4.91. The summed E-state index contributed by atoms with van der Waals surface area (Å²) in [4.78, 5) is 0. The highest BCUT2D eigenvalue weighted by atomic mass is 35.5. The lowest BCUT2D eigenvalue weighted by Gasteiger charge is -2.13. The smallest absolute Gasteiger partial charge is 0.148 e. The summed E-state index contributed by atoms with van der Waals surface area (Å²) >= 11 is 5.89. The second-order valence-corrected chi connectivity index (χ2v) is 6.70. The number of nitrogens with one attached hydrogen (secondary N) is 1. The highest BCUT2D eigenvalue weighted by Gasteiger charge is 2.10. The summed E-state index contributed by atoms with van der Waals surface area (Å²) in [5.41, 5.74) is 0.618. The molecule has 0 radical (unpaired) electrons. The van der Waals surface area contributed by atoms with E-state index >= 15 is 0 Å². The van der Waals surface area contributed by atoms with E-state index in [1.54, 1.807) is 6.92 Å². The Morgan fingerprint density at radius 1 is 1.47 bits per heavy atom. The number of halogens is 2. The fraction of sp³-hybridized carbons (Fsp3) is 0.455. The van der Waals surface area contributed by atoms with Crippen molar-refractivity contribution in [2.75, 3.05) is 12.0 Å². The molecule has 6 heteroatoms. The number of benzene rings is 1. The van der Waals surface area contributed by atoms with Crippen LogP contribution in [0.1, 0.15) is 12.5 Å². The van der Waals surface area contributed by atoms with Gasteiger partial charge in [-0.25, -0.2) is 12.8 Å². The van der Waals surface area contributed by atoms with E-state index in [0.717, 1.165) is 0 Å². The van der Waals surface area contributed by atoms with E-state index in [-0.39, 0.29) is 17.6 Å².